The van der Waals surface area contributed by atoms with Gasteiger partial charge in [-0.3, -0.25) is 0 Å². The highest BCUT2D eigenvalue weighted by molar-refractivity contribution is 14.1. The first-order chi connectivity index (χ1) is 9.44. The summed E-state index contributed by atoms with van der Waals surface area (Å²) >= 11 is 1.73. The molecule has 9 heteroatoms. The number of benzene rings is 1. The van der Waals surface area contributed by atoms with Crippen molar-refractivity contribution in [3.8, 4) is 0 Å². The minimum atomic E-state index is -6.08. The Morgan fingerprint density at radius 3 is 1.86 bits per heavy atom. The average molecular weight is 430 g/mol. The molecule has 1 aromatic rings. The van der Waals surface area contributed by atoms with Crippen LogP contribution in [0.5, 0.6) is 0 Å². The van der Waals surface area contributed by atoms with Crippen LogP contribution in [0, 0.1) is 3.57 Å². The lowest BCUT2D eigenvalue weighted by atomic mass is 9.93. The molecule has 1 aromatic carbocycles. The highest BCUT2D eigenvalue weighted by Gasteiger charge is 2.72. The van der Waals surface area contributed by atoms with Gasteiger partial charge in [-0.1, -0.05) is 18.2 Å². The van der Waals surface area contributed by atoms with E-state index in [1.165, 1.54) is 18.2 Å². The molecule has 0 saturated carbocycles. The normalized spacial score (nSPS) is 15.1. The van der Waals surface area contributed by atoms with E-state index in [4.69, 9.17) is 0 Å². The molecule has 0 spiro atoms. The lowest BCUT2D eigenvalue weighted by Gasteiger charge is -2.32. The van der Waals surface area contributed by atoms with Crippen molar-refractivity contribution in [2.75, 3.05) is 7.11 Å². The summed E-state index contributed by atoms with van der Waals surface area (Å²) in [5.74, 6) is 0. The fourth-order valence-corrected chi connectivity index (χ4v) is 2.44. The Hall–Kier alpha value is -0.580. The van der Waals surface area contributed by atoms with Gasteiger partial charge < -0.3 is 4.74 Å². The molecule has 0 aliphatic rings. The maximum atomic E-state index is 13.7. The van der Waals surface area contributed by atoms with Gasteiger partial charge in [0.25, 0.3) is 0 Å². The van der Waals surface area contributed by atoms with Gasteiger partial charge in [0, 0.05) is 17.1 Å². The Balaban J connectivity index is 3.22. The molecule has 0 heterocycles. The molecule has 0 amide bonds. The van der Waals surface area contributed by atoms with Crippen molar-refractivity contribution >= 4 is 22.6 Å². The standard InChI is InChI=1S/C12H10F7IO/c1-21-9(7-4-2-3-5-8(7)20)6-10(13,11(14,15)16)12(17,18)19/h2-5,9H,6H2,1H3. The molecule has 120 valence electrons. The molecule has 1 atom stereocenters. The van der Waals surface area contributed by atoms with E-state index < -0.39 is 30.5 Å². The molecule has 1 nitrogen and oxygen atoms in total. The van der Waals surface area contributed by atoms with Crippen molar-refractivity contribution in [2.45, 2.75) is 30.5 Å². The minimum absolute atomic E-state index is 0.0659. The van der Waals surface area contributed by atoms with Gasteiger partial charge in [0.05, 0.1) is 6.10 Å². The molecular weight excluding hydrogens is 420 g/mol. The Morgan fingerprint density at radius 2 is 1.48 bits per heavy atom. The largest absolute Gasteiger partial charge is 0.431 e. The molecular formula is C12H10F7IO. The maximum absolute atomic E-state index is 13.7. The third kappa shape index (κ3) is 3.79. The molecule has 0 radical (unpaired) electrons. The first kappa shape index (κ1) is 18.5. The van der Waals surface area contributed by atoms with E-state index in [9.17, 15) is 30.7 Å². The quantitative estimate of drug-likeness (QED) is 0.472. The van der Waals surface area contributed by atoms with E-state index in [1.54, 1.807) is 28.7 Å². The van der Waals surface area contributed by atoms with Gasteiger partial charge in [0.1, 0.15) is 0 Å². The van der Waals surface area contributed by atoms with Gasteiger partial charge in [0.2, 0.25) is 0 Å². The average Bonchev–Trinajstić information content (AvgIpc) is 2.34. The summed E-state index contributed by atoms with van der Waals surface area (Å²) in [6.45, 7) is 0. The van der Waals surface area contributed by atoms with Crippen LogP contribution in [-0.2, 0) is 4.74 Å². The van der Waals surface area contributed by atoms with Crippen molar-refractivity contribution in [3.05, 3.63) is 33.4 Å². The van der Waals surface area contributed by atoms with Gasteiger partial charge in [-0.25, -0.2) is 4.39 Å². The number of ether oxygens (including phenoxy) is 1. The predicted octanol–water partition coefficient (Wildman–Crippen LogP) is 5.20. The highest BCUT2D eigenvalue weighted by atomic mass is 127. The van der Waals surface area contributed by atoms with Crippen LogP contribution in [0.15, 0.2) is 24.3 Å². The van der Waals surface area contributed by atoms with Crippen LogP contribution in [0.2, 0.25) is 0 Å². The Labute approximate surface area is 129 Å². The summed E-state index contributed by atoms with van der Waals surface area (Å²) in [5, 5.41) is 0. The summed E-state index contributed by atoms with van der Waals surface area (Å²) in [6, 6.07) is 5.74. The van der Waals surface area contributed by atoms with E-state index in [1.807, 2.05) is 0 Å². The number of alkyl halides is 7. The molecule has 1 unspecified atom stereocenters. The van der Waals surface area contributed by atoms with Gasteiger partial charge >= 0.3 is 18.0 Å². The third-order valence-corrected chi connectivity index (χ3v) is 3.88. The van der Waals surface area contributed by atoms with Crippen molar-refractivity contribution in [2.24, 2.45) is 0 Å². The van der Waals surface area contributed by atoms with E-state index in [2.05, 4.69) is 4.74 Å². The molecule has 0 aliphatic carbocycles. The summed E-state index contributed by atoms with van der Waals surface area (Å²) in [5.41, 5.74) is -5.27. The monoisotopic (exact) mass is 430 g/mol. The van der Waals surface area contributed by atoms with Crippen molar-refractivity contribution < 1.29 is 35.5 Å². The molecule has 0 aromatic heterocycles. The van der Waals surface area contributed by atoms with Gasteiger partial charge in [0.15, 0.2) is 0 Å². The third-order valence-electron chi connectivity index (χ3n) is 2.90. The van der Waals surface area contributed by atoms with E-state index in [0.29, 0.717) is 3.57 Å². The summed E-state index contributed by atoms with van der Waals surface area (Å²) < 4.78 is 94.1. The zero-order chi connectivity index (χ0) is 16.5. The fourth-order valence-electron chi connectivity index (χ4n) is 1.70. The molecule has 1 rings (SSSR count). The molecule has 0 bridgehead atoms. The summed E-state index contributed by atoms with van der Waals surface area (Å²) in [4.78, 5) is 0. The van der Waals surface area contributed by atoms with Gasteiger partial charge in [-0.05, 0) is 34.2 Å². The van der Waals surface area contributed by atoms with E-state index in [-0.39, 0.29) is 5.56 Å². The second kappa shape index (κ2) is 6.27. The molecule has 0 N–H and O–H groups in total. The van der Waals surface area contributed by atoms with Gasteiger partial charge in [-0.15, -0.1) is 0 Å². The van der Waals surface area contributed by atoms with Crippen LogP contribution < -0.4 is 0 Å². The number of halogens is 8. The van der Waals surface area contributed by atoms with Crippen LogP contribution in [0.25, 0.3) is 0 Å². The number of rotatable bonds is 4. The summed E-state index contributed by atoms with van der Waals surface area (Å²) in [7, 11) is 0.931. The number of hydrogen-bond donors (Lipinski definition) is 0. The first-order valence-corrected chi connectivity index (χ1v) is 6.61. The van der Waals surface area contributed by atoms with Gasteiger partial charge in [-0.2, -0.15) is 26.3 Å². The van der Waals surface area contributed by atoms with E-state index >= 15 is 0 Å². The summed E-state index contributed by atoms with van der Waals surface area (Å²) in [6.07, 6.45) is -15.7. The Bertz CT molecular complexity index is 469. The molecule has 0 fully saturated rings. The predicted molar refractivity (Wildman–Crippen MR) is 69.5 cm³/mol. The van der Waals surface area contributed by atoms with Crippen molar-refractivity contribution in [3.63, 3.8) is 0 Å². The van der Waals surface area contributed by atoms with Crippen LogP contribution >= 0.6 is 22.6 Å². The fraction of sp³-hybridized carbons (Fsp3) is 0.500. The van der Waals surface area contributed by atoms with Crippen LogP contribution in [-0.4, -0.2) is 25.1 Å². The van der Waals surface area contributed by atoms with Crippen LogP contribution in [0.3, 0.4) is 0 Å². The zero-order valence-corrected chi connectivity index (χ0v) is 12.7. The SMILES string of the molecule is COC(CC(F)(C(F)(F)F)C(F)(F)F)c1ccccc1I. The second-order valence-electron chi connectivity index (χ2n) is 4.25. The smallest absolute Gasteiger partial charge is 0.377 e. The second-order valence-corrected chi connectivity index (χ2v) is 5.41. The zero-order valence-electron chi connectivity index (χ0n) is 10.5. The van der Waals surface area contributed by atoms with Crippen molar-refractivity contribution in [1.82, 2.24) is 0 Å². The Morgan fingerprint density at radius 1 is 1.00 bits per heavy atom. The number of methoxy groups -OCH3 is 1. The van der Waals surface area contributed by atoms with Crippen molar-refractivity contribution in [1.29, 1.82) is 0 Å². The lowest BCUT2D eigenvalue weighted by molar-refractivity contribution is -0.348. The first-order valence-electron chi connectivity index (χ1n) is 5.53. The molecule has 0 saturated heterocycles. The highest BCUT2D eigenvalue weighted by Crippen LogP contribution is 2.51. The topological polar surface area (TPSA) is 9.23 Å². The van der Waals surface area contributed by atoms with Crippen LogP contribution in [0.4, 0.5) is 30.7 Å². The minimum Gasteiger partial charge on any atom is -0.377 e. The van der Waals surface area contributed by atoms with E-state index in [0.717, 1.165) is 7.11 Å². The maximum Gasteiger partial charge on any atom is 0.431 e. The molecule has 21 heavy (non-hydrogen) atoms. The Kier molecular flexibility index (Phi) is 5.51. The lowest BCUT2D eigenvalue weighted by Crippen LogP contribution is -2.54. The number of hydrogen-bond acceptors (Lipinski definition) is 1. The molecule has 0 aliphatic heterocycles. The van der Waals surface area contributed by atoms with Crippen LogP contribution in [0.1, 0.15) is 18.1 Å².